The minimum atomic E-state index is 1.12. The zero-order valence-electron chi connectivity index (χ0n) is 39.9. The molecule has 0 bridgehead atoms. The van der Waals surface area contributed by atoms with Gasteiger partial charge in [0.15, 0.2) is 0 Å². The van der Waals surface area contributed by atoms with E-state index in [9.17, 15) is 0 Å². The minimum absolute atomic E-state index is 1.12. The van der Waals surface area contributed by atoms with Crippen molar-refractivity contribution < 1.29 is 0 Å². The van der Waals surface area contributed by atoms with Crippen molar-refractivity contribution in [2.75, 3.05) is 0 Å². The SMILES string of the molecule is Cc1ccc(-n2c3ccccc3c3ccc(-c4c(-c5ccc6c7ccccc7n(-c7ccc(C)cc7)c6c5)c5c6ccccc6n(-c6ccccc6)c5c5c4c4ccccc4n5-c4ccccc4)cc32)cc1. The highest BCUT2D eigenvalue weighted by Crippen LogP contribution is 2.53. The summed E-state index contributed by atoms with van der Waals surface area (Å²) in [7, 11) is 0. The predicted molar refractivity (Wildman–Crippen MR) is 304 cm³/mol. The largest absolute Gasteiger partial charge is 0.309 e. The van der Waals surface area contributed by atoms with Gasteiger partial charge in [-0.1, -0.05) is 169 Å². The monoisotopic (exact) mass is 918 g/mol. The Morgan fingerprint density at radius 3 is 0.931 bits per heavy atom. The Labute approximate surface area is 416 Å². The number of rotatable bonds is 6. The molecule has 4 heterocycles. The average molecular weight is 919 g/mol. The van der Waals surface area contributed by atoms with Crippen molar-refractivity contribution in [1.29, 1.82) is 0 Å². The molecule has 0 spiro atoms. The zero-order chi connectivity index (χ0) is 47.6. The van der Waals surface area contributed by atoms with E-state index in [1.165, 1.54) is 98.4 Å². The summed E-state index contributed by atoms with van der Waals surface area (Å²) in [6.45, 7) is 4.32. The molecular formula is C68H46N4. The molecule has 0 aliphatic rings. The fourth-order valence-electron chi connectivity index (χ4n) is 12.1. The first-order chi connectivity index (χ1) is 35.6. The molecule has 0 fully saturated rings. The number of benzene rings is 11. The molecule has 0 aliphatic heterocycles. The van der Waals surface area contributed by atoms with Crippen LogP contribution in [0.1, 0.15) is 11.1 Å². The van der Waals surface area contributed by atoms with E-state index in [1.807, 2.05) is 0 Å². The Balaban J connectivity index is 1.20. The second kappa shape index (κ2) is 15.6. The van der Waals surface area contributed by atoms with E-state index in [4.69, 9.17) is 0 Å². The molecule has 0 atom stereocenters. The molecule has 4 heteroatoms. The van der Waals surface area contributed by atoms with E-state index in [0.29, 0.717) is 0 Å². The van der Waals surface area contributed by atoms with Crippen LogP contribution in [-0.2, 0) is 0 Å². The highest BCUT2D eigenvalue weighted by Gasteiger charge is 2.30. The molecule has 0 radical (unpaired) electrons. The van der Waals surface area contributed by atoms with Crippen molar-refractivity contribution in [3.8, 4) is 45.0 Å². The number of aryl methyl sites for hydroxylation is 2. The van der Waals surface area contributed by atoms with Crippen LogP contribution in [0, 0.1) is 13.8 Å². The van der Waals surface area contributed by atoms with Gasteiger partial charge in [-0.2, -0.15) is 0 Å². The van der Waals surface area contributed by atoms with E-state index < -0.39 is 0 Å². The molecule has 11 aromatic carbocycles. The lowest BCUT2D eigenvalue weighted by atomic mass is 9.86. The van der Waals surface area contributed by atoms with Gasteiger partial charge < -0.3 is 18.3 Å². The number of hydrogen-bond acceptors (Lipinski definition) is 0. The van der Waals surface area contributed by atoms with E-state index in [0.717, 1.165) is 44.9 Å². The van der Waals surface area contributed by atoms with Crippen molar-refractivity contribution in [1.82, 2.24) is 18.3 Å². The van der Waals surface area contributed by atoms with Gasteiger partial charge in [-0.15, -0.1) is 0 Å². The summed E-state index contributed by atoms with van der Waals surface area (Å²) in [6.07, 6.45) is 0. The lowest BCUT2D eigenvalue weighted by Gasteiger charge is -2.19. The van der Waals surface area contributed by atoms with Gasteiger partial charge in [-0.3, -0.25) is 0 Å². The van der Waals surface area contributed by atoms with Crippen molar-refractivity contribution in [2.45, 2.75) is 13.8 Å². The summed E-state index contributed by atoms with van der Waals surface area (Å²) < 4.78 is 9.98. The van der Waals surface area contributed by atoms with Gasteiger partial charge in [0.25, 0.3) is 0 Å². The first-order valence-corrected chi connectivity index (χ1v) is 24.9. The molecule has 338 valence electrons. The van der Waals surface area contributed by atoms with Crippen LogP contribution < -0.4 is 0 Å². The van der Waals surface area contributed by atoms with Crippen molar-refractivity contribution in [3.05, 3.63) is 254 Å². The highest BCUT2D eigenvalue weighted by atomic mass is 15.0. The van der Waals surface area contributed by atoms with Crippen molar-refractivity contribution >= 4 is 87.2 Å². The summed E-state index contributed by atoms with van der Waals surface area (Å²) in [6, 6.07) is 90.1. The maximum absolute atomic E-state index is 2.53. The van der Waals surface area contributed by atoms with Crippen molar-refractivity contribution in [3.63, 3.8) is 0 Å². The van der Waals surface area contributed by atoms with Crippen LogP contribution in [0.4, 0.5) is 0 Å². The van der Waals surface area contributed by atoms with Gasteiger partial charge in [-0.25, -0.2) is 0 Å². The molecule has 0 amide bonds. The average Bonchev–Trinajstić information content (AvgIpc) is 4.17. The van der Waals surface area contributed by atoms with Gasteiger partial charge in [-0.05, 0) is 110 Å². The Morgan fingerprint density at radius 1 is 0.236 bits per heavy atom. The summed E-state index contributed by atoms with van der Waals surface area (Å²) in [5.41, 5.74) is 21.1. The van der Waals surface area contributed by atoms with E-state index in [1.54, 1.807) is 0 Å². The van der Waals surface area contributed by atoms with Crippen LogP contribution in [0.3, 0.4) is 0 Å². The summed E-state index contributed by atoms with van der Waals surface area (Å²) in [5, 5.41) is 9.77. The Bertz CT molecular complexity index is 4360. The lowest BCUT2D eigenvalue weighted by molar-refractivity contribution is 1.15. The number of para-hydroxylation sites is 6. The van der Waals surface area contributed by atoms with Crippen LogP contribution in [0.2, 0.25) is 0 Å². The summed E-state index contributed by atoms with van der Waals surface area (Å²) in [5.74, 6) is 0. The molecule has 0 aliphatic carbocycles. The third-order valence-corrected chi connectivity index (χ3v) is 15.3. The van der Waals surface area contributed by atoms with Crippen LogP contribution in [0.5, 0.6) is 0 Å². The number of fused-ring (bicyclic) bond motifs is 13. The fraction of sp³-hybridized carbons (Fsp3) is 0.0294. The van der Waals surface area contributed by atoms with E-state index in [2.05, 4.69) is 275 Å². The second-order valence-corrected chi connectivity index (χ2v) is 19.4. The lowest BCUT2D eigenvalue weighted by Crippen LogP contribution is -2.00. The maximum atomic E-state index is 2.53. The van der Waals surface area contributed by atoms with Gasteiger partial charge in [0.2, 0.25) is 0 Å². The van der Waals surface area contributed by atoms with Crippen molar-refractivity contribution in [2.24, 2.45) is 0 Å². The Hall–Kier alpha value is -9.38. The van der Waals surface area contributed by atoms with Crippen LogP contribution in [-0.4, -0.2) is 18.3 Å². The molecule has 0 saturated carbocycles. The first-order valence-electron chi connectivity index (χ1n) is 24.9. The first kappa shape index (κ1) is 40.5. The summed E-state index contributed by atoms with van der Waals surface area (Å²) in [4.78, 5) is 0. The Morgan fingerprint density at radius 2 is 0.542 bits per heavy atom. The Kier molecular flexibility index (Phi) is 8.75. The quantitative estimate of drug-likeness (QED) is 0.158. The van der Waals surface area contributed by atoms with Gasteiger partial charge >= 0.3 is 0 Å². The molecule has 15 rings (SSSR count). The normalized spacial score (nSPS) is 12.0. The molecule has 4 aromatic heterocycles. The smallest absolute Gasteiger partial charge is 0.0795 e. The maximum Gasteiger partial charge on any atom is 0.0795 e. The highest BCUT2D eigenvalue weighted by molar-refractivity contribution is 6.34. The zero-order valence-corrected chi connectivity index (χ0v) is 39.9. The number of nitrogens with zero attached hydrogens (tertiary/aromatic N) is 4. The predicted octanol–water partition coefficient (Wildman–Crippen LogP) is 18.0. The van der Waals surface area contributed by atoms with Crippen LogP contribution in [0.25, 0.3) is 132 Å². The van der Waals surface area contributed by atoms with Crippen LogP contribution in [0.15, 0.2) is 243 Å². The molecule has 4 nitrogen and oxygen atoms in total. The molecule has 0 saturated heterocycles. The topological polar surface area (TPSA) is 19.7 Å². The molecule has 0 N–H and O–H groups in total. The van der Waals surface area contributed by atoms with E-state index >= 15 is 0 Å². The van der Waals surface area contributed by atoms with Gasteiger partial charge in [0, 0.05) is 77.0 Å². The molecule has 72 heavy (non-hydrogen) atoms. The third-order valence-electron chi connectivity index (χ3n) is 15.3. The second-order valence-electron chi connectivity index (χ2n) is 19.4. The number of hydrogen-bond donors (Lipinski definition) is 0. The van der Waals surface area contributed by atoms with E-state index in [-0.39, 0.29) is 0 Å². The molecule has 0 unspecified atom stereocenters. The third kappa shape index (κ3) is 5.81. The van der Waals surface area contributed by atoms with Crippen LogP contribution >= 0.6 is 0 Å². The molecular weight excluding hydrogens is 873 g/mol. The fourth-order valence-corrected chi connectivity index (χ4v) is 12.1. The molecule has 15 aromatic rings. The standard InChI is InChI=1S/C68H46N4/c1-43-29-35-49(36-30-43)69-57-25-13-9-21-51(57)53-39-33-45(41-61(53)69)63-64(46-34-40-54-52-22-10-14-26-58(52)70(62(54)42-46)50-37-31-44(2)32-38-50)66-56-24-12-16-28-60(56)72(48-19-7-4-8-20-48)68(66)67-65(63)55-23-11-15-27-59(55)71(67)47-17-5-3-6-18-47/h3-42H,1-2H3. The summed E-state index contributed by atoms with van der Waals surface area (Å²) >= 11 is 0. The van der Waals surface area contributed by atoms with Gasteiger partial charge in [0.1, 0.15) is 0 Å². The van der Waals surface area contributed by atoms with Gasteiger partial charge in [0.05, 0.1) is 44.1 Å². The number of aromatic nitrogens is 4. The minimum Gasteiger partial charge on any atom is -0.309 e.